The van der Waals surface area contributed by atoms with Crippen LogP contribution in [0.1, 0.15) is 106 Å². The van der Waals surface area contributed by atoms with E-state index in [0.29, 0.717) is 38.5 Å². The lowest BCUT2D eigenvalue weighted by Crippen LogP contribution is -2.65. The van der Waals surface area contributed by atoms with E-state index >= 15 is 0 Å². The fourth-order valence-corrected chi connectivity index (χ4v) is 16.3. The van der Waals surface area contributed by atoms with Crippen molar-refractivity contribution in [2.75, 3.05) is 19.8 Å². The molecule has 0 aromatic rings. The lowest BCUT2D eigenvalue weighted by atomic mass is 9.41. The van der Waals surface area contributed by atoms with E-state index < -0.39 is 151 Å². The molecule has 2 spiro atoms. The number of aliphatic hydroxyl groups is 12. The van der Waals surface area contributed by atoms with Gasteiger partial charge in [0.05, 0.1) is 55.4 Å². The monoisotopic (exact) mass is 947 g/mol. The molecule has 9 rings (SSSR count). The third-order valence-corrected chi connectivity index (χ3v) is 19.8. The zero-order valence-electron chi connectivity index (χ0n) is 39.3. The maximum atomic E-state index is 11.4. The molecular formula is C47H78O19. The highest BCUT2D eigenvalue weighted by atomic mass is 16.7. The second kappa shape index (κ2) is 16.9. The van der Waals surface area contributed by atoms with Crippen LogP contribution in [0, 0.1) is 44.8 Å². The summed E-state index contributed by atoms with van der Waals surface area (Å²) in [7, 11) is 0. The SMILES string of the molecule is CC(C)(O)[C@H]1CC[C@@](C)([C@H]2[C@@H](O[C@@H]3O[C@H](CO)[C@@H](O)[C@H](O)[C@H]3O)C[C@@]3(C)[C@@H]4C[C@H](O[C@@H]5O[C@H](CO)[C@@H](O)[C@H](O)[C@H]5O)[C@H]5C(C)(C)[C@@H](O[C@@H]6OC[C@@H](O)[C@H](O)[C@H]6O)CC[C@@]56C[C@@]46CC[C@]23C)O1. The Labute approximate surface area is 386 Å². The van der Waals surface area contributed by atoms with Gasteiger partial charge in [0.15, 0.2) is 18.9 Å². The van der Waals surface area contributed by atoms with Crippen LogP contribution < -0.4 is 0 Å². The van der Waals surface area contributed by atoms with E-state index in [0.717, 1.165) is 19.3 Å². The van der Waals surface area contributed by atoms with Crippen molar-refractivity contribution >= 4 is 0 Å². The molecule has 19 nitrogen and oxygen atoms in total. The number of aliphatic hydroxyl groups excluding tert-OH is 11. The first-order valence-electron chi connectivity index (χ1n) is 24.4. The summed E-state index contributed by atoms with van der Waals surface area (Å²) in [6.07, 6.45) is -17.0. The molecule has 380 valence electrons. The first-order chi connectivity index (χ1) is 30.7. The third-order valence-electron chi connectivity index (χ3n) is 19.8. The highest BCUT2D eigenvalue weighted by molar-refractivity contribution is 5.33. The van der Waals surface area contributed by atoms with E-state index in [4.69, 9.17) is 33.2 Å². The van der Waals surface area contributed by atoms with Crippen LogP contribution in [0.4, 0.5) is 0 Å². The molecule has 5 saturated carbocycles. The Balaban J connectivity index is 1.10. The van der Waals surface area contributed by atoms with Gasteiger partial charge in [-0.3, -0.25) is 0 Å². The van der Waals surface area contributed by atoms with Crippen LogP contribution in [-0.2, 0) is 33.2 Å². The Morgan fingerprint density at radius 2 is 1.17 bits per heavy atom. The van der Waals surface area contributed by atoms with Gasteiger partial charge < -0.3 is 94.4 Å². The quantitative estimate of drug-likeness (QED) is 0.112. The average Bonchev–Trinajstić information content (AvgIpc) is 3.60. The Kier molecular flexibility index (Phi) is 12.9. The molecule has 0 unspecified atom stereocenters. The van der Waals surface area contributed by atoms with E-state index in [-0.39, 0.29) is 35.2 Å². The van der Waals surface area contributed by atoms with E-state index in [1.807, 2.05) is 0 Å². The summed E-state index contributed by atoms with van der Waals surface area (Å²) in [5, 5.41) is 129. The van der Waals surface area contributed by atoms with Crippen LogP contribution >= 0.6 is 0 Å². The Hall–Kier alpha value is -0.760. The summed E-state index contributed by atoms with van der Waals surface area (Å²) in [4.78, 5) is 0. The molecule has 66 heavy (non-hydrogen) atoms. The van der Waals surface area contributed by atoms with E-state index in [9.17, 15) is 61.3 Å². The van der Waals surface area contributed by atoms with E-state index in [1.54, 1.807) is 13.8 Å². The highest BCUT2D eigenvalue weighted by Crippen LogP contribution is 2.89. The fourth-order valence-electron chi connectivity index (χ4n) is 16.3. The van der Waals surface area contributed by atoms with Gasteiger partial charge in [-0.05, 0) is 117 Å². The molecule has 9 fully saturated rings. The summed E-state index contributed by atoms with van der Waals surface area (Å²) in [5.41, 5.74) is -4.32. The van der Waals surface area contributed by atoms with Crippen molar-refractivity contribution in [1.29, 1.82) is 0 Å². The lowest BCUT2D eigenvalue weighted by molar-refractivity contribution is -0.339. The first-order valence-corrected chi connectivity index (χ1v) is 24.4. The third kappa shape index (κ3) is 7.30. The summed E-state index contributed by atoms with van der Waals surface area (Å²) >= 11 is 0. The molecule has 0 radical (unpaired) electrons. The van der Waals surface area contributed by atoms with Crippen LogP contribution in [0.2, 0.25) is 0 Å². The Morgan fingerprint density at radius 3 is 1.73 bits per heavy atom. The van der Waals surface area contributed by atoms with Crippen molar-refractivity contribution in [3.05, 3.63) is 0 Å². The van der Waals surface area contributed by atoms with Gasteiger partial charge in [0, 0.05) is 5.92 Å². The molecule has 9 aliphatic rings. The highest BCUT2D eigenvalue weighted by Gasteiger charge is 2.85. The summed E-state index contributed by atoms with van der Waals surface area (Å²) < 4.78 is 45.2. The second-order valence-electron chi connectivity index (χ2n) is 23.9. The molecule has 26 atom stereocenters. The summed E-state index contributed by atoms with van der Waals surface area (Å²) in [5.74, 6) is -0.678. The van der Waals surface area contributed by atoms with Gasteiger partial charge in [0.2, 0.25) is 0 Å². The lowest BCUT2D eigenvalue weighted by Gasteiger charge is -2.65. The molecular weight excluding hydrogens is 868 g/mol. The minimum Gasteiger partial charge on any atom is -0.394 e. The number of rotatable bonds is 10. The van der Waals surface area contributed by atoms with Crippen LogP contribution in [0.25, 0.3) is 0 Å². The van der Waals surface area contributed by atoms with E-state index in [1.165, 1.54) is 0 Å². The number of hydrogen-bond acceptors (Lipinski definition) is 19. The maximum absolute atomic E-state index is 11.4. The standard InChI is InChI=1S/C47H78O19/c1-41(2)26(65-38-33(56)28(51)20(50)18-60-38)9-11-47-19-46(47)13-12-43(5)37(45(7)10-8-27(66-45)42(3,4)59)22(62-40-35(58)32(55)30(53)24(17-49)64-40)15-44(43,6)25(46)14-21(36(41)47)61-39-34(57)31(54)29(52)23(16-48)63-39/h20-40,48-59H,8-19H2,1-7H3/t20-,21+,22+,23-,24-,25+,26+,27-,28+,29-,30-,31+,32+,33-,34-,35-,36+,37+,38+,39-,40-,43-,44+,45+,46+,47-/m1/s1. The van der Waals surface area contributed by atoms with Gasteiger partial charge in [-0.15, -0.1) is 0 Å². The van der Waals surface area contributed by atoms with Crippen molar-refractivity contribution in [3.8, 4) is 0 Å². The predicted molar refractivity (Wildman–Crippen MR) is 226 cm³/mol. The van der Waals surface area contributed by atoms with Gasteiger partial charge in [0.25, 0.3) is 0 Å². The second-order valence-corrected chi connectivity index (χ2v) is 23.9. The Morgan fingerprint density at radius 1 is 0.591 bits per heavy atom. The van der Waals surface area contributed by atoms with Crippen LogP contribution in [0.5, 0.6) is 0 Å². The molecule has 4 saturated heterocycles. The average molecular weight is 947 g/mol. The molecule has 12 N–H and O–H groups in total. The van der Waals surface area contributed by atoms with Gasteiger partial charge in [-0.2, -0.15) is 0 Å². The van der Waals surface area contributed by atoms with Gasteiger partial charge in [-0.25, -0.2) is 0 Å². The largest absolute Gasteiger partial charge is 0.394 e. The van der Waals surface area contributed by atoms with Crippen molar-refractivity contribution in [3.63, 3.8) is 0 Å². The molecule has 4 aliphatic heterocycles. The molecule has 0 bridgehead atoms. The van der Waals surface area contributed by atoms with Gasteiger partial charge in [0.1, 0.15) is 67.1 Å². The van der Waals surface area contributed by atoms with Crippen molar-refractivity contribution in [1.82, 2.24) is 0 Å². The normalized spacial score (nSPS) is 58.0. The summed E-state index contributed by atoms with van der Waals surface area (Å²) in [6, 6.07) is 0. The molecule has 4 heterocycles. The molecule has 0 aromatic heterocycles. The number of ether oxygens (including phenoxy) is 7. The minimum atomic E-state index is -1.67. The fraction of sp³-hybridized carbons (Fsp3) is 1.00. The van der Waals surface area contributed by atoms with Crippen molar-refractivity contribution < 1.29 is 94.4 Å². The zero-order valence-corrected chi connectivity index (χ0v) is 39.3. The maximum Gasteiger partial charge on any atom is 0.186 e. The predicted octanol–water partition coefficient (Wildman–Crippen LogP) is -1.45. The van der Waals surface area contributed by atoms with Crippen molar-refractivity contribution in [2.24, 2.45) is 44.8 Å². The smallest absolute Gasteiger partial charge is 0.186 e. The first kappa shape index (κ1) is 50.2. The molecule has 0 aromatic carbocycles. The number of fused-ring (bicyclic) bond motifs is 2. The zero-order chi connectivity index (χ0) is 48.1. The van der Waals surface area contributed by atoms with Crippen LogP contribution in [0.3, 0.4) is 0 Å². The minimum absolute atomic E-state index is 0.0655. The topological polar surface area (TPSA) is 307 Å². The van der Waals surface area contributed by atoms with Gasteiger partial charge >= 0.3 is 0 Å². The molecule has 19 heteroatoms. The molecule has 0 amide bonds. The van der Waals surface area contributed by atoms with E-state index in [2.05, 4.69) is 34.6 Å². The van der Waals surface area contributed by atoms with Crippen molar-refractivity contribution in [2.45, 2.75) is 228 Å². The van der Waals surface area contributed by atoms with Crippen LogP contribution in [-0.4, -0.2) is 203 Å². The van der Waals surface area contributed by atoms with Gasteiger partial charge in [-0.1, -0.05) is 27.7 Å². The summed E-state index contributed by atoms with van der Waals surface area (Å²) in [6.45, 7) is 12.8. The Bertz CT molecular complexity index is 1760. The molecule has 5 aliphatic carbocycles. The number of hydrogen-bond donors (Lipinski definition) is 12. The van der Waals surface area contributed by atoms with Crippen LogP contribution in [0.15, 0.2) is 0 Å².